The molecule has 0 radical (unpaired) electrons. The van der Waals surface area contributed by atoms with Crippen LogP contribution in [0.25, 0.3) is 0 Å². The Hall–Kier alpha value is -2.10. The molecule has 0 bridgehead atoms. The summed E-state index contributed by atoms with van der Waals surface area (Å²) in [5, 5.41) is 8.43. The molecule has 1 rings (SSSR count). The second-order valence-corrected chi connectivity index (χ2v) is 3.23. The van der Waals surface area contributed by atoms with Crippen molar-refractivity contribution in [3.63, 3.8) is 0 Å². The Labute approximate surface area is 93.2 Å². The summed E-state index contributed by atoms with van der Waals surface area (Å²) < 4.78 is 4.92. The largest absolute Gasteiger partial charge is 0.478 e. The van der Waals surface area contributed by atoms with Crippen LogP contribution in [0.4, 0.5) is 0 Å². The molecule has 0 amide bonds. The van der Waals surface area contributed by atoms with E-state index in [9.17, 15) is 9.59 Å². The molecule has 4 nitrogen and oxygen atoms in total. The van der Waals surface area contributed by atoms with E-state index in [1.807, 2.05) is 30.3 Å². The van der Waals surface area contributed by atoms with Crippen LogP contribution >= 0.6 is 0 Å². The zero-order valence-electron chi connectivity index (χ0n) is 8.84. The molecule has 0 unspecified atom stereocenters. The molecule has 0 aliphatic rings. The van der Waals surface area contributed by atoms with E-state index in [0.717, 1.165) is 11.6 Å². The molecule has 0 aliphatic carbocycles. The Morgan fingerprint density at radius 2 is 1.94 bits per heavy atom. The third-order valence-corrected chi connectivity index (χ3v) is 1.87. The number of benzene rings is 1. The fourth-order valence-electron chi connectivity index (χ4n) is 1.08. The van der Waals surface area contributed by atoms with E-state index in [0.29, 0.717) is 0 Å². The predicted octanol–water partition coefficient (Wildman–Crippen LogP) is 1.76. The average molecular weight is 220 g/mol. The number of hydrogen-bond donors (Lipinski definition) is 1. The van der Waals surface area contributed by atoms with Crippen molar-refractivity contribution in [3.8, 4) is 0 Å². The fourth-order valence-corrected chi connectivity index (χ4v) is 1.08. The Balaban J connectivity index is 2.51. The van der Waals surface area contributed by atoms with Crippen LogP contribution in [0.3, 0.4) is 0 Å². The van der Waals surface area contributed by atoms with Crippen molar-refractivity contribution >= 4 is 11.9 Å². The highest BCUT2D eigenvalue weighted by Gasteiger charge is 2.07. The highest BCUT2D eigenvalue weighted by Crippen LogP contribution is 2.03. The molecular formula is C12H12O4. The number of aliphatic carboxylic acids is 1. The molecule has 1 aromatic carbocycles. The molecule has 0 saturated heterocycles. The molecule has 0 fully saturated rings. The standard InChI is InChI=1S/C12H12O4/c1-9(7-11(13)14)12(15)16-8-10-5-3-2-4-6-10/h2-7H,8H2,1H3,(H,13,14)/b9-7-. The first kappa shape index (κ1) is 12.0. The molecule has 0 spiro atoms. The molecule has 1 N–H and O–H groups in total. The topological polar surface area (TPSA) is 63.6 Å². The predicted molar refractivity (Wildman–Crippen MR) is 57.6 cm³/mol. The Bertz CT molecular complexity index is 406. The molecule has 84 valence electrons. The van der Waals surface area contributed by atoms with Crippen molar-refractivity contribution in [3.05, 3.63) is 47.5 Å². The number of ether oxygens (including phenoxy) is 1. The SMILES string of the molecule is C/C(=C/C(=O)O)C(=O)OCc1ccccc1. The summed E-state index contributed by atoms with van der Waals surface area (Å²) in [6.45, 7) is 1.55. The van der Waals surface area contributed by atoms with Gasteiger partial charge in [0.1, 0.15) is 6.61 Å². The highest BCUT2D eigenvalue weighted by molar-refractivity contribution is 5.95. The van der Waals surface area contributed by atoms with Crippen LogP contribution in [0.15, 0.2) is 42.0 Å². The maximum Gasteiger partial charge on any atom is 0.334 e. The zero-order chi connectivity index (χ0) is 12.0. The number of carbonyl (C=O) groups excluding carboxylic acids is 1. The minimum absolute atomic E-state index is 0.0726. The van der Waals surface area contributed by atoms with Crippen LogP contribution in [0.2, 0.25) is 0 Å². The first-order valence-electron chi connectivity index (χ1n) is 4.72. The summed E-state index contributed by atoms with van der Waals surface area (Å²) in [6.07, 6.45) is 0.827. The van der Waals surface area contributed by atoms with Gasteiger partial charge in [0.25, 0.3) is 0 Å². The van der Waals surface area contributed by atoms with E-state index in [-0.39, 0.29) is 12.2 Å². The lowest BCUT2D eigenvalue weighted by atomic mass is 10.2. The lowest BCUT2D eigenvalue weighted by Crippen LogP contribution is -2.07. The molecule has 16 heavy (non-hydrogen) atoms. The van der Waals surface area contributed by atoms with E-state index in [1.165, 1.54) is 6.92 Å². The van der Waals surface area contributed by atoms with Gasteiger partial charge in [0, 0.05) is 11.6 Å². The van der Waals surface area contributed by atoms with Crippen LogP contribution in [-0.2, 0) is 20.9 Å². The van der Waals surface area contributed by atoms with Gasteiger partial charge in [-0.15, -0.1) is 0 Å². The number of hydrogen-bond acceptors (Lipinski definition) is 3. The first-order valence-corrected chi connectivity index (χ1v) is 4.72. The minimum Gasteiger partial charge on any atom is -0.478 e. The third-order valence-electron chi connectivity index (χ3n) is 1.87. The van der Waals surface area contributed by atoms with Gasteiger partial charge in [0.15, 0.2) is 0 Å². The molecule has 0 saturated carbocycles. The number of carboxylic acids is 1. The van der Waals surface area contributed by atoms with Gasteiger partial charge in [-0.05, 0) is 12.5 Å². The highest BCUT2D eigenvalue weighted by atomic mass is 16.5. The van der Waals surface area contributed by atoms with Gasteiger partial charge in [-0.2, -0.15) is 0 Å². The maximum absolute atomic E-state index is 11.3. The van der Waals surface area contributed by atoms with Crippen LogP contribution in [-0.4, -0.2) is 17.0 Å². The van der Waals surface area contributed by atoms with Gasteiger partial charge in [-0.1, -0.05) is 30.3 Å². The molecular weight excluding hydrogens is 208 g/mol. The van der Waals surface area contributed by atoms with Gasteiger partial charge in [-0.3, -0.25) is 0 Å². The van der Waals surface area contributed by atoms with E-state index < -0.39 is 11.9 Å². The number of rotatable bonds is 4. The Morgan fingerprint density at radius 3 is 2.50 bits per heavy atom. The third kappa shape index (κ3) is 3.96. The lowest BCUT2D eigenvalue weighted by molar-refractivity contribution is -0.141. The molecule has 0 heterocycles. The van der Waals surface area contributed by atoms with Crippen molar-refractivity contribution in [1.82, 2.24) is 0 Å². The van der Waals surface area contributed by atoms with Gasteiger partial charge in [-0.25, -0.2) is 9.59 Å². The first-order chi connectivity index (χ1) is 7.59. The zero-order valence-corrected chi connectivity index (χ0v) is 8.84. The van der Waals surface area contributed by atoms with Gasteiger partial charge >= 0.3 is 11.9 Å². The van der Waals surface area contributed by atoms with Crippen LogP contribution in [0, 0.1) is 0 Å². The number of carbonyl (C=O) groups is 2. The van der Waals surface area contributed by atoms with Crippen LogP contribution in [0.5, 0.6) is 0 Å². The summed E-state index contributed by atoms with van der Waals surface area (Å²) in [5.74, 6) is -1.78. The minimum atomic E-state index is -1.16. The monoisotopic (exact) mass is 220 g/mol. The lowest BCUT2D eigenvalue weighted by Gasteiger charge is -2.04. The van der Waals surface area contributed by atoms with E-state index >= 15 is 0 Å². The second-order valence-electron chi connectivity index (χ2n) is 3.23. The van der Waals surface area contributed by atoms with Gasteiger partial charge in [0.2, 0.25) is 0 Å². The van der Waals surface area contributed by atoms with Crippen molar-refractivity contribution in [2.45, 2.75) is 13.5 Å². The summed E-state index contributed by atoms with van der Waals surface area (Å²) in [4.78, 5) is 21.6. The summed E-state index contributed by atoms with van der Waals surface area (Å²) in [6, 6.07) is 9.18. The van der Waals surface area contributed by atoms with Crippen molar-refractivity contribution in [2.75, 3.05) is 0 Å². The maximum atomic E-state index is 11.3. The number of carboxylic acid groups (broad SMARTS) is 1. The molecule has 1 aromatic rings. The molecule has 0 aliphatic heterocycles. The van der Waals surface area contributed by atoms with Crippen LogP contribution < -0.4 is 0 Å². The molecule has 4 heteroatoms. The van der Waals surface area contributed by atoms with Crippen molar-refractivity contribution in [2.24, 2.45) is 0 Å². The van der Waals surface area contributed by atoms with Crippen LogP contribution in [0.1, 0.15) is 12.5 Å². The van der Waals surface area contributed by atoms with Crippen molar-refractivity contribution < 1.29 is 19.4 Å². The quantitative estimate of drug-likeness (QED) is 0.620. The van der Waals surface area contributed by atoms with E-state index in [2.05, 4.69) is 0 Å². The average Bonchev–Trinajstić information content (AvgIpc) is 2.26. The summed E-state index contributed by atoms with van der Waals surface area (Å²) in [7, 11) is 0. The van der Waals surface area contributed by atoms with E-state index in [4.69, 9.17) is 9.84 Å². The second kappa shape index (κ2) is 5.70. The smallest absolute Gasteiger partial charge is 0.334 e. The van der Waals surface area contributed by atoms with E-state index in [1.54, 1.807) is 0 Å². The normalized spacial score (nSPS) is 10.9. The Morgan fingerprint density at radius 1 is 1.31 bits per heavy atom. The summed E-state index contributed by atoms with van der Waals surface area (Å²) >= 11 is 0. The fraction of sp³-hybridized carbons (Fsp3) is 0.167. The van der Waals surface area contributed by atoms with Gasteiger partial charge in [0.05, 0.1) is 0 Å². The van der Waals surface area contributed by atoms with Crippen molar-refractivity contribution in [1.29, 1.82) is 0 Å². The molecule has 0 aromatic heterocycles. The number of esters is 1. The van der Waals surface area contributed by atoms with Gasteiger partial charge < -0.3 is 9.84 Å². The Kier molecular flexibility index (Phi) is 4.27. The molecule has 0 atom stereocenters. The summed E-state index contributed by atoms with van der Waals surface area (Å²) in [5.41, 5.74) is 0.933.